The molecule has 0 saturated carbocycles. The fraction of sp³-hybridized carbons (Fsp3) is 0.273. The Morgan fingerprint density at radius 2 is 1.89 bits per heavy atom. The summed E-state index contributed by atoms with van der Waals surface area (Å²) >= 11 is 3.47. The van der Waals surface area contributed by atoms with Crippen LogP contribution in [0, 0.1) is 13.8 Å². The van der Waals surface area contributed by atoms with Crippen molar-refractivity contribution < 1.29 is 9.53 Å². The highest BCUT2D eigenvalue weighted by Crippen LogP contribution is 2.24. The first kappa shape index (κ1) is 20.1. The molecule has 28 heavy (non-hydrogen) atoms. The minimum absolute atomic E-state index is 0.0633. The second kappa shape index (κ2) is 9.55. The number of halogens is 1. The van der Waals surface area contributed by atoms with E-state index >= 15 is 0 Å². The Hall–Kier alpha value is -2.60. The number of benzene rings is 2. The van der Waals surface area contributed by atoms with Crippen LogP contribution in [0.4, 0.5) is 0 Å². The SMILES string of the molecule is Cc1cc(C)n(CCCNC(=O)c2ccc(COc3ccccc3Br)cc2)n1. The number of hydrogen-bond donors (Lipinski definition) is 1. The van der Waals surface area contributed by atoms with Crippen LogP contribution in [0.2, 0.25) is 0 Å². The summed E-state index contributed by atoms with van der Waals surface area (Å²) in [5.74, 6) is 0.735. The molecule has 0 bridgehead atoms. The lowest BCUT2D eigenvalue weighted by Gasteiger charge is -2.09. The first-order valence-corrected chi connectivity index (χ1v) is 10.1. The second-order valence-corrected chi connectivity index (χ2v) is 7.53. The van der Waals surface area contributed by atoms with Crippen molar-refractivity contribution in [3.63, 3.8) is 0 Å². The van der Waals surface area contributed by atoms with Crippen LogP contribution in [0.25, 0.3) is 0 Å². The van der Waals surface area contributed by atoms with Crippen molar-refractivity contribution in [3.8, 4) is 5.75 Å². The van der Waals surface area contributed by atoms with Gasteiger partial charge in [0.15, 0.2) is 0 Å². The van der Waals surface area contributed by atoms with Crippen molar-refractivity contribution in [2.75, 3.05) is 6.54 Å². The van der Waals surface area contributed by atoms with E-state index in [1.165, 1.54) is 0 Å². The molecule has 6 heteroatoms. The van der Waals surface area contributed by atoms with Gasteiger partial charge >= 0.3 is 0 Å². The Balaban J connectivity index is 1.44. The summed E-state index contributed by atoms with van der Waals surface area (Å²) in [6.07, 6.45) is 0.839. The van der Waals surface area contributed by atoms with Crippen LogP contribution >= 0.6 is 15.9 Å². The van der Waals surface area contributed by atoms with Crippen molar-refractivity contribution in [1.82, 2.24) is 15.1 Å². The molecule has 3 rings (SSSR count). The lowest BCUT2D eigenvalue weighted by Crippen LogP contribution is -2.25. The average Bonchev–Trinajstić information content (AvgIpc) is 3.02. The van der Waals surface area contributed by atoms with E-state index in [0.717, 1.165) is 40.1 Å². The maximum absolute atomic E-state index is 12.3. The fourth-order valence-electron chi connectivity index (χ4n) is 2.91. The van der Waals surface area contributed by atoms with Crippen molar-refractivity contribution in [1.29, 1.82) is 0 Å². The number of nitrogens with one attached hydrogen (secondary N) is 1. The third-order valence-electron chi connectivity index (χ3n) is 4.38. The second-order valence-electron chi connectivity index (χ2n) is 6.68. The molecule has 1 heterocycles. The topological polar surface area (TPSA) is 56.2 Å². The fourth-order valence-corrected chi connectivity index (χ4v) is 3.31. The van der Waals surface area contributed by atoms with Crippen LogP contribution in [0.15, 0.2) is 59.1 Å². The predicted octanol–water partition coefficient (Wildman–Crippen LogP) is 4.66. The van der Waals surface area contributed by atoms with Gasteiger partial charge < -0.3 is 10.1 Å². The maximum atomic E-state index is 12.3. The van der Waals surface area contributed by atoms with Gasteiger partial charge in [-0.2, -0.15) is 5.10 Å². The highest BCUT2D eigenvalue weighted by Gasteiger charge is 2.06. The molecule has 0 unspecified atom stereocenters. The summed E-state index contributed by atoms with van der Waals surface area (Å²) in [5.41, 5.74) is 3.82. The third kappa shape index (κ3) is 5.45. The van der Waals surface area contributed by atoms with Gasteiger partial charge in [0.1, 0.15) is 12.4 Å². The van der Waals surface area contributed by atoms with E-state index in [1.54, 1.807) is 0 Å². The number of nitrogens with zero attached hydrogens (tertiary/aromatic N) is 2. The molecule has 2 aromatic carbocycles. The van der Waals surface area contributed by atoms with Crippen molar-refractivity contribution in [2.24, 2.45) is 0 Å². The Morgan fingerprint density at radius 1 is 1.14 bits per heavy atom. The summed E-state index contributed by atoms with van der Waals surface area (Å²) in [5, 5.41) is 7.39. The van der Waals surface area contributed by atoms with E-state index < -0.39 is 0 Å². The first-order chi connectivity index (χ1) is 13.5. The number of hydrogen-bond acceptors (Lipinski definition) is 3. The zero-order valence-corrected chi connectivity index (χ0v) is 17.7. The summed E-state index contributed by atoms with van der Waals surface area (Å²) in [4.78, 5) is 12.3. The van der Waals surface area contributed by atoms with Gasteiger partial charge in [-0.3, -0.25) is 9.48 Å². The largest absolute Gasteiger partial charge is 0.488 e. The molecular formula is C22H24BrN3O2. The molecule has 0 radical (unpaired) electrons. The molecule has 1 aromatic heterocycles. The predicted molar refractivity (Wildman–Crippen MR) is 114 cm³/mol. The number of rotatable bonds is 8. The summed E-state index contributed by atoms with van der Waals surface area (Å²) in [6, 6.07) is 17.3. The normalized spacial score (nSPS) is 10.7. The minimum atomic E-state index is -0.0633. The van der Waals surface area contributed by atoms with E-state index in [0.29, 0.717) is 18.7 Å². The Kier molecular flexibility index (Phi) is 6.87. The molecule has 3 aromatic rings. The Bertz CT molecular complexity index is 935. The number of aromatic nitrogens is 2. The summed E-state index contributed by atoms with van der Waals surface area (Å²) in [6.45, 7) is 5.89. The molecule has 1 N–H and O–H groups in total. The molecule has 1 amide bonds. The lowest BCUT2D eigenvalue weighted by atomic mass is 10.1. The molecule has 0 saturated heterocycles. The lowest BCUT2D eigenvalue weighted by molar-refractivity contribution is 0.0952. The van der Waals surface area contributed by atoms with Gasteiger partial charge in [0.2, 0.25) is 0 Å². The van der Waals surface area contributed by atoms with E-state index in [4.69, 9.17) is 4.74 Å². The van der Waals surface area contributed by atoms with Gasteiger partial charge in [-0.15, -0.1) is 0 Å². The number of aryl methyl sites for hydroxylation is 3. The van der Waals surface area contributed by atoms with Gasteiger partial charge in [-0.05, 0) is 72.1 Å². The van der Waals surface area contributed by atoms with Crippen LogP contribution in [0.3, 0.4) is 0 Å². The molecule has 146 valence electrons. The molecule has 0 aliphatic rings. The molecule has 5 nitrogen and oxygen atoms in total. The van der Waals surface area contributed by atoms with Crippen LogP contribution in [0.1, 0.15) is 33.7 Å². The molecule has 0 aliphatic heterocycles. The zero-order valence-electron chi connectivity index (χ0n) is 16.1. The Labute approximate surface area is 173 Å². The Morgan fingerprint density at radius 3 is 2.57 bits per heavy atom. The highest BCUT2D eigenvalue weighted by molar-refractivity contribution is 9.10. The number of amides is 1. The minimum Gasteiger partial charge on any atom is -0.488 e. The molecule has 0 aliphatic carbocycles. The molecule has 0 fully saturated rings. The van der Waals surface area contributed by atoms with Crippen LogP contribution in [-0.4, -0.2) is 22.2 Å². The maximum Gasteiger partial charge on any atom is 0.251 e. The van der Waals surface area contributed by atoms with E-state index in [-0.39, 0.29) is 5.91 Å². The van der Waals surface area contributed by atoms with Crippen molar-refractivity contribution >= 4 is 21.8 Å². The number of carbonyl (C=O) groups excluding carboxylic acids is 1. The van der Waals surface area contributed by atoms with E-state index in [9.17, 15) is 4.79 Å². The molecule has 0 atom stereocenters. The quantitative estimate of drug-likeness (QED) is 0.517. The smallest absolute Gasteiger partial charge is 0.251 e. The first-order valence-electron chi connectivity index (χ1n) is 9.28. The number of ether oxygens (including phenoxy) is 1. The third-order valence-corrected chi connectivity index (χ3v) is 5.04. The summed E-state index contributed by atoms with van der Waals surface area (Å²) in [7, 11) is 0. The monoisotopic (exact) mass is 441 g/mol. The van der Waals surface area contributed by atoms with Crippen LogP contribution in [-0.2, 0) is 13.2 Å². The number of carbonyl (C=O) groups is 1. The molecular weight excluding hydrogens is 418 g/mol. The average molecular weight is 442 g/mol. The van der Waals surface area contributed by atoms with Gasteiger partial charge in [0.05, 0.1) is 10.2 Å². The van der Waals surface area contributed by atoms with E-state index in [2.05, 4.69) is 32.4 Å². The zero-order chi connectivity index (χ0) is 19.9. The van der Waals surface area contributed by atoms with Crippen molar-refractivity contribution in [3.05, 3.63) is 81.6 Å². The van der Waals surface area contributed by atoms with Crippen LogP contribution in [0.5, 0.6) is 5.75 Å². The van der Waals surface area contributed by atoms with Gasteiger partial charge in [-0.1, -0.05) is 24.3 Å². The van der Waals surface area contributed by atoms with Gasteiger partial charge in [0, 0.05) is 24.3 Å². The van der Waals surface area contributed by atoms with Gasteiger partial charge in [0.25, 0.3) is 5.91 Å². The van der Waals surface area contributed by atoms with E-state index in [1.807, 2.05) is 67.1 Å². The highest BCUT2D eigenvalue weighted by atomic mass is 79.9. The summed E-state index contributed by atoms with van der Waals surface area (Å²) < 4.78 is 8.70. The standard InChI is InChI=1S/C22H24BrN3O2/c1-16-14-17(2)26(25-16)13-5-12-24-22(27)19-10-8-18(9-11-19)15-28-21-7-4-3-6-20(21)23/h3-4,6-11,14H,5,12-13,15H2,1-2H3,(H,24,27). The molecule has 0 spiro atoms. The van der Waals surface area contributed by atoms with Gasteiger partial charge in [-0.25, -0.2) is 0 Å². The van der Waals surface area contributed by atoms with Crippen molar-refractivity contribution in [2.45, 2.75) is 33.4 Å². The van der Waals surface area contributed by atoms with Crippen LogP contribution < -0.4 is 10.1 Å². The number of para-hydroxylation sites is 1.